The summed E-state index contributed by atoms with van der Waals surface area (Å²) in [5, 5.41) is 0. The zero-order valence-electron chi connectivity index (χ0n) is 11.9. The maximum atomic E-state index is 11.1. The lowest BCUT2D eigenvalue weighted by molar-refractivity contribution is 0.111. The smallest absolute Gasteiger partial charge is 0.172 e. The monoisotopic (exact) mass is 274 g/mol. The summed E-state index contributed by atoms with van der Waals surface area (Å²) in [7, 11) is 1.55. The van der Waals surface area contributed by atoms with E-state index in [9.17, 15) is 4.79 Å². The molecule has 0 amide bonds. The van der Waals surface area contributed by atoms with Crippen LogP contribution in [0.25, 0.3) is 0 Å². The van der Waals surface area contributed by atoms with Crippen LogP contribution in [0.1, 0.15) is 35.9 Å². The van der Waals surface area contributed by atoms with E-state index in [1.54, 1.807) is 37.8 Å². The van der Waals surface area contributed by atoms with Crippen molar-refractivity contribution in [3.8, 4) is 11.5 Å². The molecule has 106 valence electrons. The van der Waals surface area contributed by atoms with Gasteiger partial charge in [0.15, 0.2) is 17.8 Å². The average molecular weight is 274 g/mol. The highest BCUT2D eigenvalue weighted by Gasteiger charge is 2.12. The number of para-hydroxylation sites is 1. The summed E-state index contributed by atoms with van der Waals surface area (Å²) in [5.41, 5.74) is 1.42. The Hall–Kier alpha value is -2.30. The van der Waals surface area contributed by atoms with Gasteiger partial charge in [0.25, 0.3) is 0 Å². The highest BCUT2D eigenvalue weighted by molar-refractivity contribution is 5.81. The minimum atomic E-state index is 0.305. The molecule has 5 heteroatoms. The fourth-order valence-electron chi connectivity index (χ4n) is 2.00. The van der Waals surface area contributed by atoms with Crippen molar-refractivity contribution in [1.29, 1.82) is 0 Å². The normalized spacial score (nSPS) is 10.6. The Bertz CT molecular complexity index is 591. The van der Waals surface area contributed by atoms with E-state index in [2.05, 4.69) is 18.8 Å². The maximum absolute atomic E-state index is 11.1. The lowest BCUT2D eigenvalue weighted by Gasteiger charge is -2.15. The van der Waals surface area contributed by atoms with Crippen molar-refractivity contribution in [1.82, 2.24) is 9.55 Å². The largest absolute Gasteiger partial charge is 0.493 e. The number of benzene rings is 1. The van der Waals surface area contributed by atoms with Crippen LogP contribution in [0.15, 0.2) is 30.7 Å². The first kappa shape index (κ1) is 14.1. The van der Waals surface area contributed by atoms with Crippen LogP contribution in [0.3, 0.4) is 0 Å². The van der Waals surface area contributed by atoms with E-state index in [0.29, 0.717) is 29.7 Å². The number of ether oxygens (including phenoxy) is 2. The summed E-state index contributed by atoms with van der Waals surface area (Å²) in [6.45, 7) is 4.48. The summed E-state index contributed by atoms with van der Waals surface area (Å²) in [6.07, 6.45) is 4.29. The second-order valence-corrected chi connectivity index (χ2v) is 4.67. The van der Waals surface area contributed by atoms with E-state index in [1.165, 1.54) is 0 Å². The van der Waals surface area contributed by atoms with Crippen molar-refractivity contribution in [2.45, 2.75) is 26.5 Å². The molecule has 0 aliphatic carbocycles. The molecule has 0 unspecified atom stereocenters. The molecule has 0 fully saturated rings. The molecular weight excluding hydrogens is 256 g/mol. The summed E-state index contributed by atoms with van der Waals surface area (Å²) >= 11 is 0. The van der Waals surface area contributed by atoms with Gasteiger partial charge in [-0.3, -0.25) is 4.79 Å². The third-order valence-corrected chi connectivity index (χ3v) is 3.02. The summed E-state index contributed by atoms with van der Waals surface area (Å²) < 4.78 is 13.0. The topological polar surface area (TPSA) is 53.4 Å². The summed E-state index contributed by atoms with van der Waals surface area (Å²) in [4.78, 5) is 15.2. The van der Waals surface area contributed by atoms with E-state index in [4.69, 9.17) is 9.47 Å². The standard InChI is InChI=1S/C15H18N2O3/c1-11(2)17-10-16-7-13(17)9-20-15-12(8-18)5-4-6-14(15)19-3/h4-8,10-11H,9H2,1-3H3. The van der Waals surface area contributed by atoms with Gasteiger partial charge in [-0.2, -0.15) is 0 Å². The number of nitrogens with zero attached hydrogens (tertiary/aromatic N) is 2. The minimum Gasteiger partial charge on any atom is -0.493 e. The van der Waals surface area contributed by atoms with Crippen LogP contribution < -0.4 is 9.47 Å². The fourth-order valence-corrected chi connectivity index (χ4v) is 2.00. The summed E-state index contributed by atoms with van der Waals surface area (Å²) in [5.74, 6) is 1.01. The zero-order valence-corrected chi connectivity index (χ0v) is 11.9. The first-order valence-corrected chi connectivity index (χ1v) is 6.43. The lowest BCUT2D eigenvalue weighted by Crippen LogP contribution is -2.08. The molecule has 1 aromatic heterocycles. The van der Waals surface area contributed by atoms with Gasteiger partial charge in [-0.25, -0.2) is 4.98 Å². The van der Waals surface area contributed by atoms with Crippen molar-refractivity contribution in [3.05, 3.63) is 42.0 Å². The van der Waals surface area contributed by atoms with Gasteiger partial charge in [-0.15, -0.1) is 0 Å². The Balaban J connectivity index is 2.22. The van der Waals surface area contributed by atoms with Crippen molar-refractivity contribution >= 4 is 6.29 Å². The van der Waals surface area contributed by atoms with Gasteiger partial charge in [0, 0.05) is 6.04 Å². The van der Waals surface area contributed by atoms with Gasteiger partial charge >= 0.3 is 0 Å². The number of carbonyl (C=O) groups is 1. The molecule has 20 heavy (non-hydrogen) atoms. The Morgan fingerprint density at radius 3 is 2.85 bits per heavy atom. The number of aromatic nitrogens is 2. The molecule has 2 rings (SSSR count). The van der Waals surface area contributed by atoms with E-state index >= 15 is 0 Å². The molecule has 0 spiro atoms. The maximum Gasteiger partial charge on any atom is 0.172 e. The first-order chi connectivity index (χ1) is 9.67. The predicted molar refractivity (Wildman–Crippen MR) is 75.3 cm³/mol. The number of hydrogen-bond acceptors (Lipinski definition) is 4. The summed E-state index contributed by atoms with van der Waals surface area (Å²) in [6, 6.07) is 5.53. The molecule has 0 bridgehead atoms. The molecule has 0 saturated carbocycles. The Morgan fingerprint density at radius 2 is 2.20 bits per heavy atom. The Morgan fingerprint density at radius 1 is 1.40 bits per heavy atom. The molecule has 2 aromatic rings. The number of carbonyl (C=O) groups excluding carboxylic acids is 1. The molecule has 5 nitrogen and oxygen atoms in total. The molecule has 0 atom stereocenters. The molecule has 0 N–H and O–H groups in total. The SMILES string of the molecule is COc1cccc(C=O)c1OCc1cncn1C(C)C. The average Bonchev–Trinajstić information content (AvgIpc) is 2.93. The van der Waals surface area contributed by atoms with E-state index in [1.807, 2.05) is 4.57 Å². The molecule has 0 aliphatic heterocycles. The second kappa shape index (κ2) is 6.23. The fraction of sp³-hybridized carbons (Fsp3) is 0.333. The third kappa shape index (κ3) is 2.82. The molecule has 0 radical (unpaired) electrons. The van der Waals surface area contributed by atoms with Crippen molar-refractivity contribution < 1.29 is 14.3 Å². The number of aldehydes is 1. The van der Waals surface area contributed by atoms with E-state index in [0.717, 1.165) is 12.0 Å². The highest BCUT2D eigenvalue weighted by Crippen LogP contribution is 2.30. The number of hydrogen-bond donors (Lipinski definition) is 0. The van der Waals surface area contributed by atoms with Crippen LogP contribution in [-0.4, -0.2) is 22.9 Å². The van der Waals surface area contributed by atoms with Gasteiger partial charge in [0.1, 0.15) is 6.61 Å². The quantitative estimate of drug-likeness (QED) is 0.760. The Kier molecular flexibility index (Phi) is 4.40. The molecule has 0 saturated heterocycles. The Labute approximate surface area is 118 Å². The number of rotatable bonds is 6. The molecule has 1 heterocycles. The second-order valence-electron chi connectivity index (χ2n) is 4.67. The van der Waals surface area contributed by atoms with Gasteiger partial charge in [0.05, 0.1) is 30.9 Å². The van der Waals surface area contributed by atoms with Crippen LogP contribution >= 0.6 is 0 Å². The molecular formula is C15H18N2O3. The van der Waals surface area contributed by atoms with Crippen LogP contribution in [0.2, 0.25) is 0 Å². The number of imidazole rings is 1. The van der Waals surface area contributed by atoms with E-state index in [-0.39, 0.29) is 0 Å². The van der Waals surface area contributed by atoms with Gasteiger partial charge in [-0.05, 0) is 26.0 Å². The minimum absolute atomic E-state index is 0.305. The lowest BCUT2D eigenvalue weighted by atomic mass is 10.2. The van der Waals surface area contributed by atoms with Gasteiger partial charge < -0.3 is 14.0 Å². The van der Waals surface area contributed by atoms with E-state index < -0.39 is 0 Å². The van der Waals surface area contributed by atoms with Crippen LogP contribution in [0.4, 0.5) is 0 Å². The molecule has 0 aliphatic rings. The number of methoxy groups -OCH3 is 1. The van der Waals surface area contributed by atoms with Gasteiger partial charge in [0.2, 0.25) is 0 Å². The molecule has 1 aromatic carbocycles. The van der Waals surface area contributed by atoms with Crippen LogP contribution in [0.5, 0.6) is 11.5 Å². The zero-order chi connectivity index (χ0) is 14.5. The van der Waals surface area contributed by atoms with Crippen molar-refractivity contribution in [2.24, 2.45) is 0 Å². The van der Waals surface area contributed by atoms with Crippen molar-refractivity contribution in [2.75, 3.05) is 7.11 Å². The van der Waals surface area contributed by atoms with Crippen LogP contribution in [0, 0.1) is 0 Å². The van der Waals surface area contributed by atoms with Crippen LogP contribution in [-0.2, 0) is 6.61 Å². The predicted octanol–water partition coefficient (Wildman–Crippen LogP) is 2.86. The van der Waals surface area contributed by atoms with Gasteiger partial charge in [-0.1, -0.05) is 6.07 Å². The van der Waals surface area contributed by atoms with Crippen molar-refractivity contribution in [3.63, 3.8) is 0 Å². The third-order valence-electron chi connectivity index (χ3n) is 3.02. The first-order valence-electron chi connectivity index (χ1n) is 6.43. The highest BCUT2D eigenvalue weighted by atomic mass is 16.5.